The molecule has 0 amide bonds. The van der Waals surface area contributed by atoms with Crippen LogP contribution in [0.4, 0.5) is 0 Å². The molecule has 2 fully saturated rings. The second-order valence-corrected chi connectivity index (χ2v) is 6.81. The van der Waals surface area contributed by atoms with Crippen molar-refractivity contribution in [3.8, 4) is 0 Å². The van der Waals surface area contributed by atoms with Gasteiger partial charge in [-0.1, -0.05) is 12.5 Å². The summed E-state index contributed by atoms with van der Waals surface area (Å²) in [6.07, 6.45) is 9.06. The molecule has 1 saturated heterocycles. The second kappa shape index (κ2) is 5.45. The Kier molecular flexibility index (Phi) is 3.46. The maximum Gasteiger partial charge on any atom is 0.110 e. The molecule has 1 aliphatic heterocycles. The molecule has 4 rings (SSSR count). The van der Waals surface area contributed by atoms with E-state index in [0.717, 1.165) is 6.42 Å². The van der Waals surface area contributed by atoms with Crippen molar-refractivity contribution >= 4 is 11.0 Å². The molecule has 1 N–H and O–H groups in total. The van der Waals surface area contributed by atoms with E-state index in [0.29, 0.717) is 12.1 Å². The summed E-state index contributed by atoms with van der Waals surface area (Å²) in [5.41, 5.74) is 3.84. The molecule has 2 aromatic rings. The Labute approximate surface area is 126 Å². The highest BCUT2D eigenvalue weighted by atomic mass is 15.1. The summed E-state index contributed by atoms with van der Waals surface area (Å²) in [6, 6.07) is 8.13. The van der Waals surface area contributed by atoms with Crippen LogP contribution >= 0.6 is 0 Å². The van der Waals surface area contributed by atoms with Crippen LogP contribution in [-0.2, 0) is 6.42 Å². The van der Waals surface area contributed by atoms with Crippen molar-refractivity contribution in [2.45, 2.75) is 64.0 Å². The zero-order valence-electron chi connectivity index (χ0n) is 12.9. The minimum atomic E-state index is 0.702. The Morgan fingerprint density at radius 1 is 1.24 bits per heavy atom. The van der Waals surface area contributed by atoms with E-state index in [9.17, 15) is 0 Å². The lowest BCUT2D eigenvalue weighted by Gasteiger charge is -2.23. The minimum absolute atomic E-state index is 0.702. The summed E-state index contributed by atoms with van der Waals surface area (Å²) in [4.78, 5) is 4.95. The van der Waals surface area contributed by atoms with Crippen LogP contribution in [0.5, 0.6) is 0 Å². The van der Waals surface area contributed by atoms with Crippen LogP contribution in [-0.4, -0.2) is 22.1 Å². The van der Waals surface area contributed by atoms with E-state index in [-0.39, 0.29) is 0 Å². The van der Waals surface area contributed by atoms with E-state index in [4.69, 9.17) is 4.98 Å². The van der Waals surface area contributed by atoms with Crippen LogP contribution in [0.25, 0.3) is 11.0 Å². The molecule has 1 saturated carbocycles. The summed E-state index contributed by atoms with van der Waals surface area (Å²) < 4.78 is 2.53. The van der Waals surface area contributed by atoms with E-state index < -0.39 is 0 Å². The monoisotopic (exact) mass is 283 g/mol. The van der Waals surface area contributed by atoms with Crippen molar-refractivity contribution in [3.05, 3.63) is 29.6 Å². The normalized spacial score (nSPS) is 22.8. The van der Waals surface area contributed by atoms with Gasteiger partial charge in [-0.15, -0.1) is 0 Å². The molecule has 0 radical (unpaired) electrons. The van der Waals surface area contributed by atoms with Gasteiger partial charge in [-0.3, -0.25) is 0 Å². The molecule has 1 unspecified atom stereocenters. The van der Waals surface area contributed by atoms with Crippen molar-refractivity contribution in [1.82, 2.24) is 14.9 Å². The summed E-state index contributed by atoms with van der Waals surface area (Å²) in [6.45, 7) is 3.35. The van der Waals surface area contributed by atoms with E-state index in [2.05, 4.69) is 35.0 Å². The molecule has 1 aliphatic carbocycles. The van der Waals surface area contributed by atoms with Crippen molar-refractivity contribution in [3.63, 3.8) is 0 Å². The molecule has 1 atom stereocenters. The average molecular weight is 283 g/mol. The lowest BCUT2D eigenvalue weighted by atomic mass is 10.0. The van der Waals surface area contributed by atoms with Gasteiger partial charge in [0.2, 0.25) is 0 Å². The van der Waals surface area contributed by atoms with Crippen LogP contribution in [0.3, 0.4) is 0 Å². The van der Waals surface area contributed by atoms with Gasteiger partial charge in [-0.2, -0.15) is 0 Å². The highest BCUT2D eigenvalue weighted by Crippen LogP contribution is 2.39. The summed E-state index contributed by atoms with van der Waals surface area (Å²) in [5.74, 6) is 1.31. The van der Waals surface area contributed by atoms with Gasteiger partial charge < -0.3 is 9.88 Å². The fraction of sp³-hybridized carbons (Fsp3) is 0.611. The highest BCUT2D eigenvalue weighted by molar-refractivity contribution is 5.77. The third-order valence-electron chi connectivity index (χ3n) is 4.96. The number of rotatable bonds is 4. The number of fused-ring (bicyclic) bond motifs is 1. The molecule has 2 heterocycles. The Hall–Kier alpha value is -1.35. The molecule has 112 valence electrons. The predicted molar refractivity (Wildman–Crippen MR) is 86.7 cm³/mol. The fourth-order valence-electron chi connectivity index (χ4n) is 3.65. The molecule has 1 aromatic carbocycles. The summed E-state index contributed by atoms with van der Waals surface area (Å²) >= 11 is 0. The van der Waals surface area contributed by atoms with E-state index in [1.807, 2.05) is 0 Å². The molecular formula is C18H25N3. The lowest BCUT2D eigenvalue weighted by Crippen LogP contribution is -2.34. The maximum atomic E-state index is 4.95. The number of imidazole rings is 1. The molecule has 0 spiro atoms. The van der Waals surface area contributed by atoms with Crippen molar-refractivity contribution in [2.24, 2.45) is 0 Å². The fourth-order valence-corrected chi connectivity index (χ4v) is 3.65. The standard InChI is InChI=1S/C18H25N3/c1-13-5-9-17-16(12-13)20-18(21(17)15-7-8-15)10-6-14-4-2-3-11-19-14/h5,9,12,14-15,19H,2-4,6-8,10-11H2,1H3. The van der Waals surface area contributed by atoms with Crippen LogP contribution in [0.2, 0.25) is 0 Å². The number of nitrogens with zero attached hydrogens (tertiary/aromatic N) is 2. The first-order chi connectivity index (χ1) is 10.3. The number of piperidine rings is 1. The molecular weight excluding hydrogens is 258 g/mol. The first-order valence-electron chi connectivity index (χ1n) is 8.52. The first kappa shape index (κ1) is 13.3. The van der Waals surface area contributed by atoms with Crippen LogP contribution in [0.1, 0.15) is 56.0 Å². The Bertz CT molecular complexity index is 633. The quantitative estimate of drug-likeness (QED) is 0.926. The average Bonchev–Trinajstić information content (AvgIpc) is 3.27. The molecule has 0 bridgehead atoms. The number of hydrogen-bond acceptors (Lipinski definition) is 2. The van der Waals surface area contributed by atoms with Gasteiger partial charge in [0.15, 0.2) is 0 Å². The van der Waals surface area contributed by atoms with Crippen LogP contribution in [0.15, 0.2) is 18.2 Å². The smallest absolute Gasteiger partial charge is 0.110 e. The van der Waals surface area contributed by atoms with Gasteiger partial charge in [0.25, 0.3) is 0 Å². The number of aromatic nitrogens is 2. The second-order valence-electron chi connectivity index (χ2n) is 6.81. The SMILES string of the molecule is Cc1ccc2c(c1)nc(CCC1CCCCN1)n2C1CC1. The number of nitrogens with one attached hydrogen (secondary N) is 1. The third-order valence-corrected chi connectivity index (χ3v) is 4.96. The largest absolute Gasteiger partial charge is 0.325 e. The zero-order chi connectivity index (χ0) is 14.2. The molecule has 21 heavy (non-hydrogen) atoms. The summed E-state index contributed by atoms with van der Waals surface area (Å²) in [5, 5.41) is 3.66. The Balaban J connectivity index is 1.59. The number of hydrogen-bond donors (Lipinski definition) is 1. The Morgan fingerprint density at radius 3 is 2.90 bits per heavy atom. The number of benzene rings is 1. The predicted octanol–water partition coefficient (Wildman–Crippen LogP) is 3.75. The van der Waals surface area contributed by atoms with Gasteiger partial charge in [0.1, 0.15) is 5.82 Å². The van der Waals surface area contributed by atoms with Crippen LogP contribution < -0.4 is 5.32 Å². The number of aryl methyl sites for hydroxylation is 2. The Morgan fingerprint density at radius 2 is 2.14 bits per heavy atom. The van der Waals surface area contributed by atoms with Crippen molar-refractivity contribution < 1.29 is 0 Å². The van der Waals surface area contributed by atoms with Crippen LogP contribution in [0, 0.1) is 6.92 Å². The van der Waals surface area contributed by atoms with Crippen molar-refractivity contribution in [2.75, 3.05) is 6.54 Å². The zero-order valence-corrected chi connectivity index (χ0v) is 12.9. The molecule has 2 aliphatic rings. The van der Waals surface area contributed by atoms with E-state index >= 15 is 0 Å². The van der Waals surface area contributed by atoms with Gasteiger partial charge in [-0.05, 0) is 63.3 Å². The van der Waals surface area contributed by atoms with Gasteiger partial charge in [0, 0.05) is 18.5 Å². The third kappa shape index (κ3) is 2.71. The topological polar surface area (TPSA) is 29.9 Å². The summed E-state index contributed by atoms with van der Waals surface area (Å²) in [7, 11) is 0. The lowest BCUT2D eigenvalue weighted by molar-refractivity contribution is 0.379. The minimum Gasteiger partial charge on any atom is -0.325 e. The molecule has 3 heteroatoms. The van der Waals surface area contributed by atoms with E-state index in [1.54, 1.807) is 0 Å². The van der Waals surface area contributed by atoms with Crippen molar-refractivity contribution in [1.29, 1.82) is 0 Å². The highest BCUT2D eigenvalue weighted by Gasteiger charge is 2.28. The van der Waals surface area contributed by atoms with E-state index in [1.165, 1.54) is 67.5 Å². The molecule has 1 aromatic heterocycles. The molecule has 3 nitrogen and oxygen atoms in total. The maximum absolute atomic E-state index is 4.95. The van der Waals surface area contributed by atoms with Gasteiger partial charge in [0.05, 0.1) is 11.0 Å². The van der Waals surface area contributed by atoms with Gasteiger partial charge in [-0.25, -0.2) is 4.98 Å². The first-order valence-corrected chi connectivity index (χ1v) is 8.52. The van der Waals surface area contributed by atoms with Gasteiger partial charge >= 0.3 is 0 Å².